The molecule has 0 heterocycles. The van der Waals surface area contributed by atoms with Crippen LogP contribution in [-0.2, 0) is 20.9 Å². The molecule has 0 N–H and O–H groups in total. The van der Waals surface area contributed by atoms with Gasteiger partial charge < -0.3 is 18.9 Å². The van der Waals surface area contributed by atoms with E-state index in [1.54, 1.807) is 0 Å². The van der Waals surface area contributed by atoms with Gasteiger partial charge in [0.2, 0.25) is 0 Å². The summed E-state index contributed by atoms with van der Waals surface area (Å²) in [5.41, 5.74) is 1.85. The van der Waals surface area contributed by atoms with Crippen LogP contribution in [0.25, 0.3) is 5.57 Å². The number of methoxy groups -OCH3 is 2. The van der Waals surface area contributed by atoms with E-state index >= 15 is 0 Å². The van der Waals surface area contributed by atoms with Gasteiger partial charge in [-0.25, -0.2) is 4.79 Å². The highest BCUT2D eigenvalue weighted by atomic mass is 16.5. The number of para-hydroxylation sites is 1. The van der Waals surface area contributed by atoms with Crippen molar-refractivity contribution in [2.45, 2.75) is 34.3 Å². The molecule has 33 heavy (non-hydrogen) atoms. The van der Waals surface area contributed by atoms with Gasteiger partial charge in [0.1, 0.15) is 29.4 Å². The quantitative estimate of drug-likeness (QED) is 0.205. The number of hydrogen-bond donors (Lipinski definition) is 0. The monoisotopic (exact) mass is 450 g/mol. The molecular weight excluding hydrogens is 416 g/mol. The van der Waals surface area contributed by atoms with Crippen molar-refractivity contribution in [3.8, 4) is 17.2 Å². The Hall–Kier alpha value is -3.73. The first kappa shape index (κ1) is 27.3. The minimum absolute atomic E-state index is 0.267. The van der Waals surface area contributed by atoms with Crippen LogP contribution in [0, 0.1) is 0 Å². The predicted octanol–water partition coefficient (Wildman–Crippen LogP) is 7.27. The van der Waals surface area contributed by atoms with Gasteiger partial charge in [-0.05, 0) is 35.4 Å². The first-order valence-electron chi connectivity index (χ1n) is 11.1. The molecule has 0 aromatic heterocycles. The lowest BCUT2D eigenvalue weighted by atomic mass is 10.0. The van der Waals surface area contributed by atoms with Gasteiger partial charge in [0.25, 0.3) is 0 Å². The Morgan fingerprint density at radius 2 is 1.36 bits per heavy atom. The van der Waals surface area contributed by atoms with Gasteiger partial charge in [-0.3, -0.25) is 0 Å². The predicted molar refractivity (Wildman–Crippen MR) is 133 cm³/mol. The lowest BCUT2D eigenvalue weighted by Gasteiger charge is -2.13. The third-order valence-corrected chi connectivity index (χ3v) is 4.13. The molecule has 5 nitrogen and oxygen atoms in total. The van der Waals surface area contributed by atoms with E-state index in [1.165, 1.54) is 20.5 Å². The maximum Gasteiger partial charge on any atom is 0.341 e. The Labute approximate surface area is 197 Å². The molecule has 176 valence electrons. The van der Waals surface area contributed by atoms with Crippen LogP contribution in [0.2, 0.25) is 0 Å². The number of hydrogen-bond acceptors (Lipinski definition) is 5. The van der Waals surface area contributed by atoms with E-state index in [9.17, 15) is 4.79 Å². The van der Waals surface area contributed by atoms with Crippen LogP contribution in [0.3, 0.4) is 0 Å². The highest BCUT2D eigenvalue weighted by Gasteiger charge is 2.17. The molecular formula is C28H34O5. The molecule has 0 aliphatic rings. The second-order valence-corrected chi connectivity index (χ2v) is 6.09. The molecule has 0 saturated heterocycles. The molecule has 5 heteroatoms. The first-order chi connectivity index (χ1) is 16.2. The lowest BCUT2D eigenvalue weighted by molar-refractivity contribution is -0.133. The maximum absolute atomic E-state index is 12.1. The Morgan fingerprint density at radius 1 is 0.758 bits per heavy atom. The zero-order valence-electron chi connectivity index (χ0n) is 20.3. The molecule has 0 aliphatic carbocycles. The maximum atomic E-state index is 12.1. The van der Waals surface area contributed by atoms with E-state index in [2.05, 4.69) is 0 Å². The molecule has 3 rings (SSSR count). The summed E-state index contributed by atoms with van der Waals surface area (Å²) in [4.78, 5) is 12.1. The summed E-state index contributed by atoms with van der Waals surface area (Å²) in [6, 6.07) is 24.4. The van der Waals surface area contributed by atoms with Gasteiger partial charge in [0.15, 0.2) is 0 Å². The fourth-order valence-electron chi connectivity index (χ4n) is 2.77. The van der Waals surface area contributed by atoms with Gasteiger partial charge in [-0.1, -0.05) is 76.2 Å². The Bertz CT molecular complexity index is 980. The summed E-state index contributed by atoms with van der Waals surface area (Å²) in [6.07, 6.45) is 1.37. The van der Waals surface area contributed by atoms with Crippen molar-refractivity contribution in [1.82, 2.24) is 0 Å². The summed E-state index contributed by atoms with van der Waals surface area (Å²) < 4.78 is 21.7. The van der Waals surface area contributed by atoms with Gasteiger partial charge in [0, 0.05) is 6.07 Å². The summed E-state index contributed by atoms with van der Waals surface area (Å²) in [7, 11) is 2.82. The third-order valence-electron chi connectivity index (χ3n) is 4.13. The van der Waals surface area contributed by atoms with Crippen LogP contribution >= 0.6 is 0 Å². The van der Waals surface area contributed by atoms with Crippen molar-refractivity contribution in [3.63, 3.8) is 0 Å². The van der Waals surface area contributed by atoms with Crippen molar-refractivity contribution in [2.24, 2.45) is 0 Å². The van der Waals surface area contributed by atoms with E-state index < -0.39 is 5.97 Å². The van der Waals surface area contributed by atoms with Gasteiger partial charge >= 0.3 is 5.97 Å². The van der Waals surface area contributed by atoms with Crippen LogP contribution in [0.5, 0.6) is 17.2 Å². The summed E-state index contributed by atoms with van der Waals surface area (Å²) in [5.74, 6) is 1.61. The largest absolute Gasteiger partial charge is 0.503 e. The molecule has 0 saturated carbocycles. The Morgan fingerprint density at radius 3 is 2.03 bits per heavy atom. The van der Waals surface area contributed by atoms with Crippen molar-refractivity contribution < 1.29 is 23.7 Å². The topological polar surface area (TPSA) is 54.0 Å². The molecule has 3 aromatic carbocycles. The number of carbonyl (C=O) groups excluding carboxylic acids is 1. The zero-order chi connectivity index (χ0) is 24.5. The molecule has 0 atom stereocenters. The molecule has 0 bridgehead atoms. The molecule has 3 aromatic rings. The first-order valence-corrected chi connectivity index (χ1v) is 11.1. The summed E-state index contributed by atoms with van der Waals surface area (Å²) in [6.45, 7) is 8.27. The highest BCUT2D eigenvalue weighted by molar-refractivity contribution is 6.16. The SMILES string of the molecule is CC.CC.CO/C=C(/C(=O)OC)c1ccccc1COc1cccc(Oc2ccccc2)c1. The van der Waals surface area contributed by atoms with E-state index in [1.807, 2.05) is 107 Å². The average Bonchev–Trinajstić information content (AvgIpc) is 2.89. The number of carbonyl (C=O) groups is 1. The minimum Gasteiger partial charge on any atom is -0.503 e. The average molecular weight is 451 g/mol. The zero-order valence-corrected chi connectivity index (χ0v) is 20.3. The van der Waals surface area contributed by atoms with Crippen molar-refractivity contribution in [1.29, 1.82) is 0 Å². The Kier molecular flexibility index (Phi) is 13.2. The Balaban J connectivity index is 0.00000129. The van der Waals surface area contributed by atoms with E-state index in [-0.39, 0.29) is 6.61 Å². The normalized spacial score (nSPS) is 9.94. The highest BCUT2D eigenvalue weighted by Crippen LogP contribution is 2.27. The lowest BCUT2D eigenvalue weighted by Crippen LogP contribution is -2.08. The van der Waals surface area contributed by atoms with Gasteiger partial charge in [0.05, 0.1) is 20.5 Å². The smallest absolute Gasteiger partial charge is 0.341 e. The third kappa shape index (κ3) is 8.73. The van der Waals surface area contributed by atoms with E-state index in [0.29, 0.717) is 22.6 Å². The van der Waals surface area contributed by atoms with Crippen LogP contribution in [-0.4, -0.2) is 20.2 Å². The molecule has 0 aliphatic heterocycles. The number of rotatable bonds is 8. The number of benzene rings is 3. The minimum atomic E-state index is -0.474. The molecule has 0 radical (unpaired) electrons. The van der Waals surface area contributed by atoms with Crippen LogP contribution < -0.4 is 9.47 Å². The van der Waals surface area contributed by atoms with Crippen molar-refractivity contribution in [2.75, 3.05) is 14.2 Å². The number of ether oxygens (including phenoxy) is 4. The van der Waals surface area contributed by atoms with E-state index in [0.717, 1.165) is 11.3 Å². The molecule has 0 spiro atoms. The number of esters is 1. The fraction of sp³-hybridized carbons (Fsp3) is 0.250. The van der Waals surface area contributed by atoms with Gasteiger partial charge in [-0.15, -0.1) is 0 Å². The van der Waals surface area contributed by atoms with E-state index in [4.69, 9.17) is 18.9 Å². The second kappa shape index (κ2) is 16.0. The van der Waals surface area contributed by atoms with Crippen molar-refractivity contribution >= 4 is 11.5 Å². The molecule has 0 amide bonds. The van der Waals surface area contributed by atoms with Crippen LogP contribution in [0.15, 0.2) is 85.1 Å². The standard InChI is InChI=1S/C24H22O5.2C2H6/c1-26-17-23(24(25)27-2)22-14-7-6-9-18(22)16-28-20-12-8-13-21(15-20)29-19-10-4-3-5-11-19;2*1-2/h3-15,17H,16H2,1-2H3;2*1-2H3/b23-17+;;. The van der Waals surface area contributed by atoms with Crippen LogP contribution in [0.1, 0.15) is 38.8 Å². The molecule has 0 unspecified atom stereocenters. The summed E-state index contributed by atoms with van der Waals surface area (Å²) >= 11 is 0. The van der Waals surface area contributed by atoms with Crippen molar-refractivity contribution in [3.05, 3.63) is 96.3 Å². The fourth-order valence-corrected chi connectivity index (χ4v) is 2.77. The summed E-state index contributed by atoms with van der Waals surface area (Å²) in [5, 5.41) is 0. The van der Waals surface area contributed by atoms with Gasteiger partial charge in [-0.2, -0.15) is 0 Å². The second-order valence-electron chi connectivity index (χ2n) is 6.09. The molecule has 0 fully saturated rings. The van der Waals surface area contributed by atoms with Crippen LogP contribution in [0.4, 0.5) is 0 Å².